The predicted octanol–water partition coefficient (Wildman–Crippen LogP) is 1.39. The molecule has 2 amide bonds. The first kappa shape index (κ1) is 14.9. The van der Waals surface area contributed by atoms with E-state index in [1.54, 1.807) is 4.90 Å². The lowest BCUT2D eigenvalue weighted by molar-refractivity contribution is -0.128. The molecule has 1 aromatic rings. The minimum atomic E-state index is -0.357. The molecule has 22 heavy (non-hydrogen) atoms. The fourth-order valence-corrected chi connectivity index (χ4v) is 3.51. The average molecular weight is 302 g/mol. The van der Waals surface area contributed by atoms with Gasteiger partial charge < -0.3 is 10.2 Å². The molecule has 0 bridgehead atoms. The monoisotopic (exact) mass is 302 g/mol. The van der Waals surface area contributed by atoms with E-state index in [-0.39, 0.29) is 17.9 Å². The van der Waals surface area contributed by atoms with Crippen molar-refractivity contribution in [1.29, 1.82) is 0 Å². The molecule has 1 N–H and O–H groups in total. The van der Waals surface area contributed by atoms with Gasteiger partial charge >= 0.3 is 0 Å². The Kier molecular flexibility index (Phi) is 4.65. The van der Waals surface area contributed by atoms with E-state index in [0.29, 0.717) is 24.6 Å². The number of nitrogens with zero attached hydrogens (tertiary/aromatic N) is 3. The lowest BCUT2D eigenvalue weighted by atomic mass is 9.84. The van der Waals surface area contributed by atoms with Gasteiger partial charge in [0.25, 0.3) is 5.91 Å². The van der Waals surface area contributed by atoms with E-state index in [4.69, 9.17) is 0 Å². The zero-order valence-corrected chi connectivity index (χ0v) is 12.7. The van der Waals surface area contributed by atoms with E-state index in [1.165, 1.54) is 50.8 Å². The van der Waals surface area contributed by atoms with E-state index < -0.39 is 0 Å². The lowest BCUT2D eigenvalue weighted by Crippen LogP contribution is -2.57. The second kappa shape index (κ2) is 6.85. The number of nitrogens with one attached hydrogen (secondary N) is 1. The molecule has 1 aliphatic carbocycles. The number of hydrogen-bond donors (Lipinski definition) is 1. The van der Waals surface area contributed by atoms with Gasteiger partial charge in [0, 0.05) is 25.5 Å². The maximum Gasteiger partial charge on any atom is 0.257 e. The summed E-state index contributed by atoms with van der Waals surface area (Å²) >= 11 is 0. The third-order valence-corrected chi connectivity index (χ3v) is 4.68. The van der Waals surface area contributed by atoms with Gasteiger partial charge in [-0.05, 0) is 12.3 Å². The van der Waals surface area contributed by atoms with Crippen LogP contribution in [0.15, 0.2) is 18.7 Å². The quantitative estimate of drug-likeness (QED) is 0.915. The van der Waals surface area contributed by atoms with Crippen LogP contribution in [0.4, 0.5) is 0 Å². The zero-order valence-electron chi connectivity index (χ0n) is 12.7. The standard InChI is InChI=1S/C16H22N4O2/c21-15-14(8-12-4-2-1-3-5-12)20(7-6-19-15)16(22)13-9-17-11-18-10-13/h9-12,14H,1-8H2,(H,19,21). The molecule has 1 aromatic heterocycles. The van der Waals surface area contributed by atoms with Crippen LogP contribution in [-0.2, 0) is 4.79 Å². The molecule has 0 spiro atoms. The Bertz CT molecular complexity index is 528. The largest absolute Gasteiger partial charge is 0.353 e. The van der Waals surface area contributed by atoms with Crippen molar-refractivity contribution >= 4 is 11.8 Å². The van der Waals surface area contributed by atoms with Crippen LogP contribution in [0, 0.1) is 5.92 Å². The number of piperazine rings is 1. The Morgan fingerprint density at radius 2 is 1.95 bits per heavy atom. The number of hydrogen-bond acceptors (Lipinski definition) is 4. The fraction of sp³-hybridized carbons (Fsp3) is 0.625. The maximum absolute atomic E-state index is 12.7. The molecular formula is C16H22N4O2. The van der Waals surface area contributed by atoms with E-state index in [9.17, 15) is 9.59 Å². The molecule has 2 aliphatic rings. The summed E-state index contributed by atoms with van der Waals surface area (Å²) < 4.78 is 0. The second-order valence-electron chi connectivity index (χ2n) is 6.17. The Balaban J connectivity index is 1.74. The van der Waals surface area contributed by atoms with Crippen molar-refractivity contribution in [2.24, 2.45) is 5.92 Å². The molecule has 118 valence electrons. The Morgan fingerprint density at radius 1 is 1.23 bits per heavy atom. The first-order chi connectivity index (χ1) is 10.8. The average Bonchev–Trinajstić information content (AvgIpc) is 2.58. The van der Waals surface area contributed by atoms with Crippen LogP contribution in [0.1, 0.15) is 48.9 Å². The zero-order chi connectivity index (χ0) is 15.4. The highest BCUT2D eigenvalue weighted by atomic mass is 16.2. The second-order valence-corrected chi connectivity index (χ2v) is 6.17. The minimum absolute atomic E-state index is 0.0259. The van der Waals surface area contributed by atoms with Gasteiger partial charge in [0.2, 0.25) is 5.91 Å². The summed E-state index contributed by atoms with van der Waals surface area (Å²) in [7, 11) is 0. The first-order valence-corrected chi connectivity index (χ1v) is 8.09. The molecule has 1 aliphatic heterocycles. The van der Waals surface area contributed by atoms with Gasteiger partial charge in [0.05, 0.1) is 5.56 Å². The van der Waals surface area contributed by atoms with Crippen LogP contribution in [0.5, 0.6) is 0 Å². The van der Waals surface area contributed by atoms with Crippen LogP contribution in [0.3, 0.4) is 0 Å². The summed E-state index contributed by atoms with van der Waals surface area (Å²) in [6.07, 6.45) is 11.3. The Morgan fingerprint density at radius 3 is 2.68 bits per heavy atom. The number of rotatable bonds is 3. The Labute approximate surface area is 130 Å². The molecular weight excluding hydrogens is 280 g/mol. The number of amides is 2. The van der Waals surface area contributed by atoms with Crippen molar-refractivity contribution in [3.8, 4) is 0 Å². The van der Waals surface area contributed by atoms with Crippen LogP contribution in [0.2, 0.25) is 0 Å². The van der Waals surface area contributed by atoms with Gasteiger partial charge in [-0.15, -0.1) is 0 Å². The summed E-state index contributed by atoms with van der Waals surface area (Å²) in [6, 6.07) is -0.357. The van der Waals surface area contributed by atoms with Crippen LogP contribution >= 0.6 is 0 Å². The number of aromatic nitrogens is 2. The summed E-state index contributed by atoms with van der Waals surface area (Å²) in [5.41, 5.74) is 0.450. The smallest absolute Gasteiger partial charge is 0.257 e. The summed E-state index contributed by atoms with van der Waals surface area (Å²) in [4.78, 5) is 34.4. The summed E-state index contributed by atoms with van der Waals surface area (Å²) in [5.74, 6) is 0.378. The summed E-state index contributed by atoms with van der Waals surface area (Å²) in [6.45, 7) is 1.07. The molecule has 2 fully saturated rings. The van der Waals surface area contributed by atoms with Gasteiger partial charge in [-0.3, -0.25) is 9.59 Å². The molecule has 1 atom stereocenters. The molecule has 1 saturated carbocycles. The third-order valence-electron chi connectivity index (χ3n) is 4.68. The molecule has 1 saturated heterocycles. The molecule has 0 radical (unpaired) electrons. The maximum atomic E-state index is 12.7. The number of carbonyl (C=O) groups excluding carboxylic acids is 2. The van der Waals surface area contributed by atoms with Gasteiger partial charge in [0.15, 0.2) is 0 Å². The highest BCUT2D eigenvalue weighted by Gasteiger charge is 2.35. The van der Waals surface area contributed by atoms with Crippen molar-refractivity contribution in [1.82, 2.24) is 20.2 Å². The lowest BCUT2D eigenvalue weighted by Gasteiger charge is -2.37. The van der Waals surface area contributed by atoms with E-state index in [2.05, 4.69) is 15.3 Å². The fourth-order valence-electron chi connectivity index (χ4n) is 3.51. The minimum Gasteiger partial charge on any atom is -0.353 e. The highest BCUT2D eigenvalue weighted by molar-refractivity contribution is 5.97. The summed E-state index contributed by atoms with van der Waals surface area (Å²) in [5, 5.41) is 2.89. The van der Waals surface area contributed by atoms with Crippen molar-refractivity contribution in [2.45, 2.75) is 44.6 Å². The van der Waals surface area contributed by atoms with Crippen LogP contribution < -0.4 is 5.32 Å². The molecule has 6 nitrogen and oxygen atoms in total. The normalized spacial score (nSPS) is 23.2. The van der Waals surface area contributed by atoms with Crippen molar-refractivity contribution in [3.63, 3.8) is 0 Å². The van der Waals surface area contributed by atoms with Crippen molar-refractivity contribution in [2.75, 3.05) is 13.1 Å². The van der Waals surface area contributed by atoms with E-state index >= 15 is 0 Å². The molecule has 2 heterocycles. The van der Waals surface area contributed by atoms with Crippen LogP contribution in [0.25, 0.3) is 0 Å². The van der Waals surface area contributed by atoms with Gasteiger partial charge in [0.1, 0.15) is 12.4 Å². The van der Waals surface area contributed by atoms with Gasteiger partial charge in [-0.1, -0.05) is 32.1 Å². The first-order valence-electron chi connectivity index (χ1n) is 8.09. The molecule has 1 unspecified atom stereocenters. The third kappa shape index (κ3) is 3.26. The number of carbonyl (C=O) groups is 2. The van der Waals surface area contributed by atoms with Gasteiger partial charge in [-0.25, -0.2) is 9.97 Å². The van der Waals surface area contributed by atoms with E-state index in [1.807, 2.05) is 0 Å². The van der Waals surface area contributed by atoms with Crippen molar-refractivity contribution in [3.05, 3.63) is 24.3 Å². The van der Waals surface area contributed by atoms with Crippen molar-refractivity contribution < 1.29 is 9.59 Å². The molecule has 6 heteroatoms. The Hall–Kier alpha value is -1.98. The highest BCUT2D eigenvalue weighted by Crippen LogP contribution is 2.29. The molecule has 0 aromatic carbocycles. The topological polar surface area (TPSA) is 75.2 Å². The van der Waals surface area contributed by atoms with Crippen LogP contribution in [-0.4, -0.2) is 45.8 Å². The van der Waals surface area contributed by atoms with Gasteiger partial charge in [-0.2, -0.15) is 0 Å². The predicted molar refractivity (Wildman–Crippen MR) is 81.1 cm³/mol. The van der Waals surface area contributed by atoms with E-state index in [0.717, 1.165) is 6.42 Å². The SMILES string of the molecule is O=C1NCCN(C(=O)c2cncnc2)C1CC1CCCCC1. The molecule has 3 rings (SSSR count).